The van der Waals surface area contributed by atoms with Crippen LogP contribution in [-0.2, 0) is 0 Å². The van der Waals surface area contributed by atoms with E-state index in [0.29, 0.717) is 66.4 Å². The van der Waals surface area contributed by atoms with Crippen molar-refractivity contribution in [2.75, 3.05) is 9.80 Å². The third-order valence-corrected chi connectivity index (χ3v) is 9.09. The van der Waals surface area contributed by atoms with Gasteiger partial charge in [0.25, 0.3) is 23.6 Å². The van der Waals surface area contributed by atoms with Crippen LogP contribution in [0.5, 0.6) is 0 Å². The summed E-state index contributed by atoms with van der Waals surface area (Å²) in [6.45, 7) is 0. The number of imide groups is 2. The second-order valence-electron chi connectivity index (χ2n) is 11.5. The molecule has 0 fully saturated rings. The summed E-state index contributed by atoms with van der Waals surface area (Å²) in [6.07, 6.45) is 0. The van der Waals surface area contributed by atoms with E-state index >= 15 is 0 Å². The van der Waals surface area contributed by atoms with Crippen molar-refractivity contribution >= 4 is 78.1 Å². The molecule has 9 rings (SSSR count). The smallest absolute Gasteiger partial charge is 0.265 e. The molecule has 0 aliphatic carbocycles. The van der Waals surface area contributed by atoms with E-state index < -0.39 is 69.9 Å². The topological polar surface area (TPSA) is 74.8 Å². The maximum Gasteiger partial charge on any atom is 0.265 e. The van der Waals surface area contributed by atoms with Gasteiger partial charge in [0.05, 0.1) is 11.4 Å². The van der Waals surface area contributed by atoms with Crippen LogP contribution in [0.4, 0.5) is 37.7 Å². The summed E-state index contributed by atoms with van der Waals surface area (Å²) in [7, 11) is 0. The van der Waals surface area contributed by atoms with E-state index in [4.69, 9.17) is 0 Å². The lowest BCUT2D eigenvalue weighted by Gasteiger charge is -2.30. The molecular weight excluding hydrogens is 638 g/mol. The van der Waals surface area contributed by atoms with Crippen LogP contribution in [0.3, 0.4) is 0 Å². The lowest BCUT2D eigenvalue weighted by molar-refractivity contribution is 0.0877. The minimum atomic E-state index is -1.75. The van der Waals surface area contributed by atoms with Crippen LogP contribution in [0.25, 0.3) is 43.1 Å². The summed E-state index contributed by atoms with van der Waals surface area (Å²) in [4.78, 5) is 56.0. The Morgan fingerprint density at radius 1 is 0.354 bits per heavy atom. The Kier molecular flexibility index (Phi) is 5.33. The molecule has 0 bridgehead atoms. The highest BCUT2D eigenvalue weighted by Gasteiger charge is 2.38. The molecule has 6 nitrogen and oxygen atoms in total. The fraction of sp³-hybridized carbons (Fsp3) is 0. The highest BCUT2D eigenvalue weighted by molar-refractivity contribution is 6.45. The molecule has 7 aromatic carbocycles. The third kappa shape index (κ3) is 3.33. The summed E-state index contributed by atoms with van der Waals surface area (Å²) in [6, 6.07) is 14.5. The molecule has 0 atom stereocenters. The number of anilines is 2. The molecule has 2 aliphatic heterocycles. The van der Waals surface area contributed by atoms with Crippen molar-refractivity contribution in [3.8, 4) is 0 Å². The average molecular weight is 650 g/mol. The van der Waals surface area contributed by atoms with Crippen molar-refractivity contribution in [3.05, 3.63) is 130 Å². The monoisotopic (exact) mass is 650 g/mol. The van der Waals surface area contributed by atoms with Gasteiger partial charge in [-0.15, -0.1) is 0 Å². The molecule has 0 saturated heterocycles. The molecule has 48 heavy (non-hydrogen) atoms. The molecule has 12 heteroatoms. The van der Waals surface area contributed by atoms with Crippen LogP contribution in [0.2, 0.25) is 0 Å². The summed E-state index contributed by atoms with van der Waals surface area (Å²) in [5.41, 5.74) is -0.791. The Bertz CT molecular complexity index is 2390. The van der Waals surface area contributed by atoms with E-state index in [1.807, 2.05) is 0 Å². The van der Waals surface area contributed by atoms with E-state index in [2.05, 4.69) is 0 Å². The van der Waals surface area contributed by atoms with Crippen LogP contribution >= 0.6 is 0 Å². The Hall–Kier alpha value is -6.30. The van der Waals surface area contributed by atoms with Gasteiger partial charge in [-0.3, -0.25) is 19.2 Å². The van der Waals surface area contributed by atoms with Crippen LogP contribution in [0, 0.1) is 34.9 Å². The van der Waals surface area contributed by atoms with E-state index in [-0.39, 0.29) is 33.0 Å². The van der Waals surface area contributed by atoms with E-state index in [0.717, 1.165) is 0 Å². The van der Waals surface area contributed by atoms with Gasteiger partial charge in [0.2, 0.25) is 0 Å². The number of rotatable bonds is 2. The van der Waals surface area contributed by atoms with Crippen LogP contribution in [0.15, 0.2) is 72.8 Å². The van der Waals surface area contributed by atoms with Gasteiger partial charge in [-0.2, -0.15) is 0 Å². The van der Waals surface area contributed by atoms with Crippen molar-refractivity contribution in [1.29, 1.82) is 0 Å². The highest BCUT2D eigenvalue weighted by Crippen LogP contribution is 2.47. The summed E-state index contributed by atoms with van der Waals surface area (Å²) in [5.74, 6) is -13.3. The van der Waals surface area contributed by atoms with Gasteiger partial charge in [0.15, 0.2) is 34.9 Å². The molecule has 0 radical (unpaired) electrons. The highest BCUT2D eigenvalue weighted by atomic mass is 19.2. The number of carbonyl (C=O) groups is 4. The number of hydrogen-bond donors (Lipinski definition) is 0. The number of nitrogens with zero attached hydrogens (tertiary/aromatic N) is 2. The Balaban J connectivity index is 1.28. The van der Waals surface area contributed by atoms with Gasteiger partial charge >= 0.3 is 0 Å². The first kappa shape index (κ1) is 28.0. The minimum absolute atomic E-state index is 0.0455. The predicted molar refractivity (Wildman–Crippen MR) is 163 cm³/mol. The average Bonchev–Trinajstić information content (AvgIpc) is 3.06. The summed E-state index contributed by atoms with van der Waals surface area (Å²) < 4.78 is 83.8. The second kappa shape index (κ2) is 9.16. The molecule has 232 valence electrons. The zero-order chi connectivity index (χ0) is 33.5. The molecule has 0 unspecified atom stereocenters. The van der Waals surface area contributed by atoms with E-state index in [9.17, 15) is 45.5 Å². The molecule has 0 aromatic heterocycles. The molecule has 7 aromatic rings. The van der Waals surface area contributed by atoms with Crippen molar-refractivity contribution in [3.63, 3.8) is 0 Å². The number of halogens is 6. The summed E-state index contributed by atoms with van der Waals surface area (Å²) >= 11 is 0. The quantitative estimate of drug-likeness (QED) is 0.0622. The van der Waals surface area contributed by atoms with E-state index in [1.54, 1.807) is 24.3 Å². The Morgan fingerprint density at radius 3 is 0.854 bits per heavy atom. The number of amides is 4. The molecule has 2 heterocycles. The second-order valence-corrected chi connectivity index (χ2v) is 11.5. The van der Waals surface area contributed by atoms with Gasteiger partial charge < -0.3 is 0 Å². The van der Waals surface area contributed by atoms with Crippen molar-refractivity contribution in [2.24, 2.45) is 0 Å². The normalized spacial score (nSPS) is 14.5. The van der Waals surface area contributed by atoms with Gasteiger partial charge in [0, 0.05) is 57.3 Å². The first-order valence-electron chi connectivity index (χ1n) is 14.2. The fourth-order valence-corrected chi connectivity index (χ4v) is 7.08. The van der Waals surface area contributed by atoms with Crippen molar-refractivity contribution in [2.45, 2.75) is 0 Å². The van der Waals surface area contributed by atoms with Gasteiger partial charge in [-0.1, -0.05) is 24.3 Å². The maximum absolute atomic E-state index is 14.1. The first-order chi connectivity index (χ1) is 23.0. The van der Waals surface area contributed by atoms with Crippen molar-refractivity contribution < 1.29 is 45.5 Å². The van der Waals surface area contributed by atoms with E-state index in [1.165, 1.54) is 24.3 Å². The zero-order valence-corrected chi connectivity index (χ0v) is 23.7. The molecule has 0 saturated carbocycles. The number of carbonyl (C=O) groups excluding carboxylic acids is 4. The Morgan fingerprint density at radius 2 is 0.604 bits per heavy atom. The Labute approximate surface area is 263 Å². The zero-order valence-electron chi connectivity index (χ0n) is 23.7. The fourth-order valence-electron chi connectivity index (χ4n) is 7.08. The lowest BCUT2D eigenvalue weighted by Crippen LogP contribution is -2.40. The van der Waals surface area contributed by atoms with Crippen molar-refractivity contribution in [1.82, 2.24) is 0 Å². The number of hydrogen-bond acceptors (Lipinski definition) is 4. The molecule has 4 amide bonds. The van der Waals surface area contributed by atoms with Gasteiger partial charge in [0.1, 0.15) is 0 Å². The van der Waals surface area contributed by atoms with Crippen LogP contribution in [0.1, 0.15) is 41.4 Å². The third-order valence-electron chi connectivity index (χ3n) is 9.09. The first-order valence-corrected chi connectivity index (χ1v) is 14.2. The number of benzene rings is 7. The van der Waals surface area contributed by atoms with Gasteiger partial charge in [-0.25, -0.2) is 36.1 Å². The standard InChI is InChI=1S/C36H12F6N2O4/c37-23-9-13(10-24(38)31(23)41)43-33(45)19-5-1-15-16-2-6-21-30-22(36(48)44(35(21)47)14-11-25(39)32(42)26(40)12-14)8-4-18(28(16)30)17-3-7-20(34(43)46)29(19)27(15)17/h1-12H. The molecule has 0 N–H and O–H groups in total. The number of fused-ring (bicyclic) bond motifs is 2. The predicted octanol–water partition coefficient (Wildman–Crippen LogP) is 8.17. The minimum Gasteiger partial charge on any atom is -0.268 e. The van der Waals surface area contributed by atoms with Crippen LogP contribution < -0.4 is 9.80 Å². The van der Waals surface area contributed by atoms with Gasteiger partial charge in [-0.05, 0) is 56.6 Å². The maximum atomic E-state index is 14.1. The molecular formula is C36H12F6N2O4. The SMILES string of the molecule is O=C1c2ccc3c4ccc5c6c(ccc(c7ccc(c2c37)C(=O)N1c1cc(F)c(F)c(F)c1)c64)C(=O)N(c1cc(F)c(F)c(F)c1)C5=O. The van der Waals surface area contributed by atoms with Crippen LogP contribution in [-0.4, -0.2) is 23.6 Å². The lowest BCUT2D eigenvalue weighted by atomic mass is 9.82. The molecule has 0 spiro atoms. The summed E-state index contributed by atoms with van der Waals surface area (Å²) in [5, 5.41) is 3.78. The largest absolute Gasteiger partial charge is 0.268 e. The molecule has 2 aliphatic rings.